The van der Waals surface area contributed by atoms with Crippen molar-refractivity contribution in [3.05, 3.63) is 48.3 Å². The van der Waals surface area contributed by atoms with E-state index in [2.05, 4.69) is 50.1 Å². The van der Waals surface area contributed by atoms with Crippen molar-refractivity contribution in [1.29, 1.82) is 0 Å². The third kappa shape index (κ3) is 2.83. The highest BCUT2D eigenvalue weighted by molar-refractivity contribution is 6.61. The summed E-state index contributed by atoms with van der Waals surface area (Å²) in [7, 11) is -0.327. The first-order valence-electron chi connectivity index (χ1n) is 7.93. The van der Waals surface area contributed by atoms with E-state index in [4.69, 9.17) is 9.31 Å². The summed E-state index contributed by atoms with van der Waals surface area (Å²) < 4.78 is 13.9. The molecular formula is C17H23BN2O2. The first kappa shape index (κ1) is 15.3. The van der Waals surface area contributed by atoms with E-state index in [-0.39, 0.29) is 24.9 Å². The lowest BCUT2D eigenvalue weighted by Gasteiger charge is -2.21. The molecule has 4 nitrogen and oxygen atoms in total. The van der Waals surface area contributed by atoms with E-state index in [9.17, 15) is 0 Å². The van der Waals surface area contributed by atoms with Gasteiger partial charge in [-0.1, -0.05) is 37.3 Å². The molecule has 1 aromatic carbocycles. The maximum absolute atomic E-state index is 6.00. The predicted molar refractivity (Wildman–Crippen MR) is 88.2 cm³/mol. The predicted octanol–water partition coefficient (Wildman–Crippen LogP) is 2.79. The van der Waals surface area contributed by atoms with E-state index in [0.717, 1.165) is 11.9 Å². The second-order valence-corrected chi connectivity index (χ2v) is 6.42. The Kier molecular flexibility index (Phi) is 4.11. The highest BCUT2D eigenvalue weighted by Gasteiger charge is 2.44. The lowest BCUT2D eigenvalue weighted by molar-refractivity contribution is 0.0842. The Morgan fingerprint density at radius 1 is 1.32 bits per heavy atom. The normalized spacial score (nSPS) is 22.0. The van der Waals surface area contributed by atoms with Crippen LogP contribution < -0.4 is 5.46 Å². The van der Waals surface area contributed by atoms with Crippen LogP contribution in [0.1, 0.15) is 45.7 Å². The number of benzene rings is 1. The van der Waals surface area contributed by atoms with Crippen LogP contribution in [0, 0.1) is 0 Å². The Morgan fingerprint density at radius 2 is 2.05 bits per heavy atom. The fourth-order valence-corrected chi connectivity index (χ4v) is 2.79. The lowest BCUT2D eigenvalue weighted by Crippen LogP contribution is -2.34. The van der Waals surface area contributed by atoms with Gasteiger partial charge in [0.25, 0.3) is 0 Å². The van der Waals surface area contributed by atoms with E-state index in [1.165, 1.54) is 5.56 Å². The Balaban J connectivity index is 1.82. The van der Waals surface area contributed by atoms with Gasteiger partial charge in [0.1, 0.15) is 0 Å². The third-order valence-corrected chi connectivity index (χ3v) is 4.50. The monoisotopic (exact) mass is 298 g/mol. The van der Waals surface area contributed by atoms with E-state index in [1.807, 2.05) is 30.1 Å². The van der Waals surface area contributed by atoms with Crippen molar-refractivity contribution < 1.29 is 9.31 Å². The molecule has 1 fully saturated rings. The van der Waals surface area contributed by atoms with Crippen molar-refractivity contribution in [3.63, 3.8) is 0 Å². The zero-order valence-corrected chi connectivity index (χ0v) is 13.7. The molecule has 1 aliphatic heterocycles. The molecular weight excluding hydrogens is 275 g/mol. The number of rotatable bonds is 4. The lowest BCUT2D eigenvalue weighted by atomic mass is 9.82. The van der Waals surface area contributed by atoms with Crippen LogP contribution in [-0.2, 0) is 9.31 Å². The number of nitrogens with zero attached hydrogens (tertiary/aromatic N) is 2. The minimum absolute atomic E-state index is 0.0666. The van der Waals surface area contributed by atoms with Crippen LogP contribution in [0.2, 0.25) is 0 Å². The van der Waals surface area contributed by atoms with Gasteiger partial charge in [0.2, 0.25) is 0 Å². The Morgan fingerprint density at radius 3 is 2.64 bits per heavy atom. The second-order valence-electron chi connectivity index (χ2n) is 6.42. The molecule has 2 heterocycles. The molecule has 1 aromatic heterocycles. The quantitative estimate of drug-likeness (QED) is 0.814. The summed E-state index contributed by atoms with van der Waals surface area (Å²) in [5, 5.41) is 4.54. The van der Waals surface area contributed by atoms with Gasteiger partial charge in [-0.05, 0) is 32.8 Å². The molecule has 3 rings (SSSR count). The smallest absolute Gasteiger partial charge is 0.402 e. The molecule has 0 bridgehead atoms. The van der Waals surface area contributed by atoms with Crippen molar-refractivity contribution in [1.82, 2.24) is 9.78 Å². The van der Waals surface area contributed by atoms with E-state index in [1.54, 1.807) is 0 Å². The van der Waals surface area contributed by atoms with E-state index in [0.29, 0.717) is 0 Å². The van der Waals surface area contributed by atoms with Gasteiger partial charge < -0.3 is 9.31 Å². The SMILES string of the molecule is CC[C@H](c1ccccc1)n1cc(B2OC(C)C(C)(C)O2)cn1. The summed E-state index contributed by atoms with van der Waals surface area (Å²) in [6.45, 7) is 8.33. The van der Waals surface area contributed by atoms with Gasteiger partial charge in [-0.2, -0.15) is 5.10 Å². The molecule has 0 spiro atoms. The first-order valence-corrected chi connectivity index (χ1v) is 7.93. The van der Waals surface area contributed by atoms with Crippen molar-refractivity contribution >= 4 is 12.6 Å². The van der Waals surface area contributed by atoms with Gasteiger partial charge in [-0.25, -0.2) is 0 Å². The fraction of sp³-hybridized carbons (Fsp3) is 0.471. The molecule has 1 aliphatic rings. The molecule has 5 heteroatoms. The average molecular weight is 298 g/mol. The summed E-state index contributed by atoms with van der Waals surface area (Å²) in [5.41, 5.74) is 1.98. The summed E-state index contributed by atoms with van der Waals surface area (Å²) in [6.07, 6.45) is 4.95. The van der Waals surface area contributed by atoms with Crippen molar-refractivity contribution in [2.45, 2.75) is 51.9 Å². The molecule has 0 aliphatic carbocycles. The summed E-state index contributed by atoms with van der Waals surface area (Å²) >= 11 is 0. The largest absolute Gasteiger partial charge is 0.497 e. The zero-order chi connectivity index (χ0) is 15.7. The standard InChI is InChI=1S/C17H23BN2O2/c1-5-16(14-9-7-6-8-10-14)20-12-15(11-19-20)18-21-13(2)17(3,4)22-18/h6-13,16H,5H2,1-4H3/t13?,16-/m1/s1. The number of hydrogen-bond acceptors (Lipinski definition) is 3. The molecule has 116 valence electrons. The van der Waals surface area contributed by atoms with Gasteiger partial charge in [0, 0.05) is 17.9 Å². The van der Waals surface area contributed by atoms with Gasteiger partial charge >= 0.3 is 7.12 Å². The fourth-order valence-electron chi connectivity index (χ4n) is 2.79. The van der Waals surface area contributed by atoms with Crippen molar-refractivity contribution in [2.75, 3.05) is 0 Å². The molecule has 1 unspecified atom stereocenters. The summed E-state index contributed by atoms with van der Waals surface area (Å²) in [5.74, 6) is 0. The molecule has 0 amide bonds. The van der Waals surface area contributed by atoms with Crippen LogP contribution in [0.3, 0.4) is 0 Å². The topological polar surface area (TPSA) is 36.3 Å². The van der Waals surface area contributed by atoms with Crippen LogP contribution in [0.5, 0.6) is 0 Å². The molecule has 0 saturated carbocycles. The van der Waals surface area contributed by atoms with Crippen LogP contribution >= 0.6 is 0 Å². The Bertz CT molecular complexity index is 627. The molecule has 22 heavy (non-hydrogen) atoms. The molecule has 0 radical (unpaired) electrons. The van der Waals surface area contributed by atoms with Crippen molar-refractivity contribution in [3.8, 4) is 0 Å². The Hall–Kier alpha value is -1.59. The van der Waals surface area contributed by atoms with Gasteiger partial charge in [0.05, 0.1) is 17.7 Å². The number of aromatic nitrogens is 2. The molecule has 0 N–H and O–H groups in total. The van der Waals surface area contributed by atoms with Crippen LogP contribution in [0.4, 0.5) is 0 Å². The zero-order valence-electron chi connectivity index (χ0n) is 13.7. The maximum Gasteiger partial charge on any atom is 0.497 e. The second kappa shape index (κ2) is 5.90. The van der Waals surface area contributed by atoms with E-state index < -0.39 is 0 Å². The molecule has 1 saturated heterocycles. The minimum Gasteiger partial charge on any atom is -0.402 e. The van der Waals surface area contributed by atoms with Crippen LogP contribution in [-0.4, -0.2) is 28.6 Å². The summed E-state index contributed by atoms with van der Waals surface area (Å²) in [6, 6.07) is 10.7. The third-order valence-electron chi connectivity index (χ3n) is 4.50. The summed E-state index contributed by atoms with van der Waals surface area (Å²) in [4.78, 5) is 0. The first-order chi connectivity index (χ1) is 10.5. The molecule has 2 aromatic rings. The van der Waals surface area contributed by atoms with Crippen molar-refractivity contribution in [2.24, 2.45) is 0 Å². The maximum atomic E-state index is 6.00. The highest BCUT2D eigenvalue weighted by atomic mass is 16.7. The van der Waals surface area contributed by atoms with Crippen LogP contribution in [0.15, 0.2) is 42.7 Å². The minimum atomic E-state index is -0.327. The van der Waals surface area contributed by atoms with Gasteiger partial charge in [-0.3, -0.25) is 4.68 Å². The number of hydrogen-bond donors (Lipinski definition) is 0. The van der Waals surface area contributed by atoms with E-state index >= 15 is 0 Å². The van der Waals surface area contributed by atoms with Gasteiger partial charge in [0.15, 0.2) is 0 Å². The molecule has 2 atom stereocenters. The highest BCUT2D eigenvalue weighted by Crippen LogP contribution is 2.27. The van der Waals surface area contributed by atoms with Crippen LogP contribution in [0.25, 0.3) is 0 Å². The average Bonchev–Trinajstić information content (AvgIpc) is 3.07. The Labute approximate surface area is 132 Å². The van der Waals surface area contributed by atoms with Gasteiger partial charge in [-0.15, -0.1) is 0 Å².